The minimum absolute atomic E-state index is 0.132. The van der Waals surface area contributed by atoms with Crippen molar-refractivity contribution in [3.63, 3.8) is 0 Å². The standard InChI is InChI=1S/C16H27NO3/c1-3-16(15(19)20)9-4-10-17(11-16)14(18)13-7-5-12(2)6-8-13/h12-13H,3-11H2,1-2H3,(H,19,20). The van der Waals surface area contributed by atoms with E-state index < -0.39 is 11.4 Å². The fraction of sp³-hybridized carbons (Fsp3) is 0.875. The maximum Gasteiger partial charge on any atom is 0.311 e. The first-order valence-corrected chi connectivity index (χ1v) is 8.00. The molecule has 1 saturated heterocycles. The zero-order valence-electron chi connectivity index (χ0n) is 12.7. The van der Waals surface area contributed by atoms with Gasteiger partial charge < -0.3 is 10.0 Å². The third kappa shape index (κ3) is 2.99. The summed E-state index contributed by atoms with van der Waals surface area (Å²) in [4.78, 5) is 26.0. The summed E-state index contributed by atoms with van der Waals surface area (Å²) in [7, 11) is 0. The van der Waals surface area contributed by atoms with Crippen LogP contribution in [0.2, 0.25) is 0 Å². The number of carbonyl (C=O) groups is 2. The number of hydrogen-bond acceptors (Lipinski definition) is 2. The van der Waals surface area contributed by atoms with Crippen molar-refractivity contribution in [1.29, 1.82) is 0 Å². The molecule has 0 aromatic rings. The normalized spacial score (nSPS) is 34.8. The third-order valence-electron chi connectivity index (χ3n) is 5.38. The number of likely N-dealkylation sites (tertiary alicyclic amines) is 1. The van der Waals surface area contributed by atoms with Crippen LogP contribution in [0.1, 0.15) is 58.8 Å². The van der Waals surface area contributed by atoms with E-state index in [-0.39, 0.29) is 11.8 Å². The van der Waals surface area contributed by atoms with E-state index in [1.807, 2.05) is 11.8 Å². The van der Waals surface area contributed by atoms with Crippen molar-refractivity contribution in [2.45, 2.75) is 58.8 Å². The molecule has 2 aliphatic rings. The first-order valence-electron chi connectivity index (χ1n) is 8.00. The van der Waals surface area contributed by atoms with Crippen molar-refractivity contribution in [2.75, 3.05) is 13.1 Å². The van der Waals surface area contributed by atoms with E-state index in [2.05, 4.69) is 6.92 Å². The third-order valence-corrected chi connectivity index (χ3v) is 5.38. The van der Waals surface area contributed by atoms with Gasteiger partial charge in [0.1, 0.15) is 0 Å². The van der Waals surface area contributed by atoms with E-state index in [9.17, 15) is 14.7 Å². The highest BCUT2D eigenvalue weighted by Crippen LogP contribution is 2.36. The molecule has 1 N–H and O–H groups in total. The van der Waals surface area contributed by atoms with Crippen molar-refractivity contribution in [3.8, 4) is 0 Å². The maximum absolute atomic E-state index is 12.6. The van der Waals surface area contributed by atoms with Crippen molar-refractivity contribution >= 4 is 11.9 Å². The molecule has 0 spiro atoms. The SMILES string of the molecule is CCC1(C(=O)O)CCCN(C(=O)C2CCC(C)CC2)C1. The fourth-order valence-electron chi connectivity index (χ4n) is 3.70. The minimum atomic E-state index is -0.741. The van der Waals surface area contributed by atoms with Crippen LogP contribution in [0.4, 0.5) is 0 Å². The maximum atomic E-state index is 12.6. The van der Waals surface area contributed by atoms with Gasteiger partial charge in [0.15, 0.2) is 0 Å². The Bertz CT molecular complexity index is 374. The molecule has 1 amide bonds. The largest absolute Gasteiger partial charge is 0.481 e. The highest BCUT2D eigenvalue weighted by molar-refractivity contribution is 5.81. The molecule has 114 valence electrons. The first-order chi connectivity index (χ1) is 9.48. The van der Waals surface area contributed by atoms with Crippen molar-refractivity contribution < 1.29 is 14.7 Å². The summed E-state index contributed by atoms with van der Waals surface area (Å²) in [6.07, 6.45) is 6.32. The molecule has 2 fully saturated rings. The summed E-state index contributed by atoms with van der Waals surface area (Å²) in [6.45, 7) is 5.31. The van der Waals surface area contributed by atoms with Crippen LogP contribution in [0.15, 0.2) is 0 Å². The number of amides is 1. The van der Waals surface area contributed by atoms with E-state index >= 15 is 0 Å². The van der Waals surface area contributed by atoms with Gasteiger partial charge in [0.2, 0.25) is 5.91 Å². The molecule has 4 heteroatoms. The van der Waals surface area contributed by atoms with Crippen LogP contribution in [0, 0.1) is 17.3 Å². The van der Waals surface area contributed by atoms with Crippen LogP contribution in [0.5, 0.6) is 0 Å². The molecule has 0 radical (unpaired) electrons. The number of carboxylic acids is 1. The second-order valence-corrected chi connectivity index (χ2v) is 6.76. The number of piperidine rings is 1. The zero-order chi connectivity index (χ0) is 14.8. The quantitative estimate of drug-likeness (QED) is 0.865. The Morgan fingerprint density at radius 2 is 1.90 bits per heavy atom. The lowest BCUT2D eigenvalue weighted by Crippen LogP contribution is -2.51. The second kappa shape index (κ2) is 6.15. The van der Waals surface area contributed by atoms with Crippen LogP contribution in [0.25, 0.3) is 0 Å². The van der Waals surface area contributed by atoms with E-state index in [1.165, 1.54) is 0 Å². The smallest absolute Gasteiger partial charge is 0.311 e. The molecule has 1 aliphatic carbocycles. The van der Waals surface area contributed by atoms with Crippen LogP contribution in [-0.2, 0) is 9.59 Å². The Balaban J connectivity index is 2.01. The highest BCUT2D eigenvalue weighted by atomic mass is 16.4. The second-order valence-electron chi connectivity index (χ2n) is 6.76. The average molecular weight is 281 g/mol. The first kappa shape index (κ1) is 15.3. The molecule has 0 aromatic carbocycles. The Hall–Kier alpha value is -1.06. The van der Waals surface area contributed by atoms with Gasteiger partial charge in [0, 0.05) is 19.0 Å². The lowest BCUT2D eigenvalue weighted by molar-refractivity contribution is -0.156. The molecule has 1 aliphatic heterocycles. The van der Waals surface area contributed by atoms with Gasteiger partial charge >= 0.3 is 5.97 Å². The summed E-state index contributed by atoms with van der Waals surface area (Å²) in [5.74, 6) is 0.326. The predicted octanol–water partition coefficient (Wildman–Crippen LogP) is 2.92. The Labute approximate surface area is 121 Å². The molecule has 1 unspecified atom stereocenters. The Morgan fingerprint density at radius 3 is 2.45 bits per heavy atom. The lowest BCUT2D eigenvalue weighted by atomic mass is 9.76. The molecule has 20 heavy (non-hydrogen) atoms. The predicted molar refractivity (Wildman–Crippen MR) is 77.3 cm³/mol. The number of carbonyl (C=O) groups excluding carboxylic acids is 1. The molecular weight excluding hydrogens is 254 g/mol. The fourth-order valence-corrected chi connectivity index (χ4v) is 3.70. The number of nitrogens with zero attached hydrogens (tertiary/aromatic N) is 1. The molecular formula is C16H27NO3. The monoisotopic (exact) mass is 281 g/mol. The molecule has 0 bridgehead atoms. The van der Waals surface area contributed by atoms with Crippen LogP contribution < -0.4 is 0 Å². The summed E-state index contributed by atoms with van der Waals surface area (Å²) in [5.41, 5.74) is -0.712. The van der Waals surface area contributed by atoms with E-state index in [0.29, 0.717) is 19.4 Å². The van der Waals surface area contributed by atoms with Gasteiger partial charge in [-0.2, -0.15) is 0 Å². The molecule has 4 nitrogen and oxygen atoms in total. The molecule has 0 aromatic heterocycles. The van der Waals surface area contributed by atoms with Crippen LogP contribution in [0.3, 0.4) is 0 Å². The number of rotatable bonds is 3. The van der Waals surface area contributed by atoms with Crippen LogP contribution in [-0.4, -0.2) is 35.0 Å². The van der Waals surface area contributed by atoms with Crippen molar-refractivity contribution in [2.24, 2.45) is 17.3 Å². The van der Waals surface area contributed by atoms with E-state index in [4.69, 9.17) is 0 Å². The highest BCUT2D eigenvalue weighted by Gasteiger charge is 2.43. The average Bonchev–Trinajstić information content (AvgIpc) is 2.47. The minimum Gasteiger partial charge on any atom is -0.481 e. The van der Waals surface area contributed by atoms with Crippen molar-refractivity contribution in [1.82, 2.24) is 4.90 Å². The molecule has 1 heterocycles. The van der Waals surface area contributed by atoms with Gasteiger partial charge in [-0.3, -0.25) is 9.59 Å². The zero-order valence-corrected chi connectivity index (χ0v) is 12.7. The van der Waals surface area contributed by atoms with Gasteiger partial charge in [-0.25, -0.2) is 0 Å². The van der Waals surface area contributed by atoms with Gasteiger partial charge in [0.05, 0.1) is 5.41 Å². The summed E-state index contributed by atoms with van der Waals surface area (Å²) >= 11 is 0. The Morgan fingerprint density at radius 1 is 1.25 bits per heavy atom. The number of hydrogen-bond donors (Lipinski definition) is 1. The van der Waals surface area contributed by atoms with Crippen molar-refractivity contribution in [3.05, 3.63) is 0 Å². The summed E-state index contributed by atoms with van der Waals surface area (Å²) < 4.78 is 0. The number of carboxylic acid groups (broad SMARTS) is 1. The van der Waals surface area contributed by atoms with E-state index in [0.717, 1.165) is 44.6 Å². The van der Waals surface area contributed by atoms with Gasteiger partial charge in [-0.15, -0.1) is 0 Å². The van der Waals surface area contributed by atoms with Crippen LogP contribution >= 0.6 is 0 Å². The summed E-state index contributed by atoms with van der Waals surface area (Å²) in [6, 6.07) is 0. The molecule has 1 saturated carbocycles. The molecule has 1 atom stereocenters. The van der Waals surface area contributed by atoms with Gasteiger partial charge in [0.25, 0.3) is 0 Å². The Kier molecular flexibility index (Phi) is 4.71. The van der Waals surface area contributed by atoms with Gasteiger partial charge in [-0.05, 0) is 50.9 Å². The lowest BCUT2D eigenvalue weighted by Gasteiger charge is -2.41. The number of aliphatic carboxylic acids is 1. The molecule has 2 rings (SSSR count). The van der Waals surface area contributed by atoms with E-state index in [1.54, 1.807) is 0 Å². The van der Waals surface area contributed by atoms with Gasteiger partial charge in [-0.1, -0.05) is 13.8 Å². The summed E-state index contributed by atoms with van der Waals surface area (Å²) in [5, 5.41) is 9.50. The topological polar surface area (TPSA) is 57.6 Å².